The molecule has 1 saturated carbocycles. The number of nitrogens with zero attached hydrogens (tertiary/aromatic N) is 2. The predicted octanol–water partition coefficient (Wildman–Crippen LogP) is 5.09. The van der Waals surface area contributed by atoms with Crippen molar-refractivity contribution in [2.45, 2.75) is 42.0 Å². The van der Waals surface area contributed by atoms with Gasteiger partial charge in [-0.1, -0.05) is 40.7 Å². The highest BCUT2D eigenvalue weighted by atomic mass is 79.9. The summed E-state index contributed by atoms with van der Waals surface area (Å²) in [5.41, 5.74) is 0. The van der Waals surface area contributed by atoms with Crippen LogP contribution in [0.25, 0.3) is 0 Å². The van der Waals surface area contributed by atoms with Crippen molar-refractivity contribution in [3.05, 3.63) is 40.6 Å². The van der Waals surface area contributed by atoms with Crippen molar-refractivity contribution in [2.75, 3.05) is 11.9 Å². The molecular weight excluding hydrogens is 346 g/mol. The van der Waals surface area contributed by atoms with Crippen LogP contribution in [-0.4, -0.2) is 16.5 Å². The number of halogens is 1. The van der Waals surface area contributed by atoms with Gasteiger partial charge in [-0.3, -0.25) is 0 Å². The van der Waals surface area contributed by atoms with E-state index in [-0.39, 0.29) is 0 Å². The van der Waals surface area contributed by atoms with Crippen molar-refractivity contribution < 1.29 is 0 Å². The molecule has 0 aliphatic heterocycles. The van der Waals surface area contributed by atoms with Gasteiger partial charge in [-0.05, 0) is 37.5 Å². The fraction of sp³-hybridized carbons (Fsp3) is 0.375. The molecular formula is C16H18BrN3S. The standard InChI is InChI=1S/C16H18BrN3S/c1-2-8-18-14-10-15(20-16(19-14)11-6-7-11)21-13-5-3-4-12(17)9-13/h3-5,9-11H,2,6-8H2,1H3,(H,18,19,20). The Morgan fingerprint density at radius 1 is 1.29 bits per heavy atom. The summed E-state index contributed by atoms with van der Waals surface area (Å²) in [5.74, 6) is 2.51. The minimum Gasteiger partial charge on any atom is -0.370 e. The Hall–Kier alpha value is -1.07. The van der Waals surface area contributed by atoms with E-state index in [2.05, 4.69) is 45.3 Å². The first kappa shape index (κ1) is 14.9. The number of aromatic nitrogens is 2. The Balaban J connectivity index is 1.84. The van der Waals surface area contributed by atoms with Crippen LogP contribution in [0.1, 0.15) is 37.9 Å². The zero-order valence-electron chi connectivity index (χ0n) is 12.0. The third-order valence-electron chi connectivity index (χ3n) is 3.24. The zero-order valence-corrected chi connectivity index (χ0v) is 14.4. The van der Waals surface area contributed by atoms with Crippen molar-refractivity contribution in [2.24, 2.45) is 0 Å². The van der Waals surface area contributed by atoms with Crippen molar-refractivity contribution >= 4 is 33.5 Å². The molecule has 0 amide bonds. The molecule has 0 spiro atoms. The molecule has 110 valence electrons. The molecule has 0 atom stereocenters. The van der Waals surface area contributed by atoms with E-state index in [1.54, 1.807) is 11.8 Å². The number of hydrogen-bond donors (Lipinski definition) is 1. The summed E-state index contributed by atoms with van der Waals surface area (Å²) in [4.78, 5) is 10.6. The fourth-order valence-electron chi connectivity index (χ4n) is 2.01. The van der Waals surface area contributed by atoms with Crippen LogP contribution in [-0.2, 0) is 0 Å². The van der Waals surface area contributed by atoms with Crippen LogP contribution in [0.3, 0.4) is 0 Å². The molecule has 5 heteroatoms. The Bertz CT molecular complexity index is 629. The second kappa shape index (κ2) is 6.79. The highest BCUT2D eigenvalue weighted by Crippen LogP contribution is 2.39. The van der Waals surface area contributed by atoms with E-state index in [9.17, 15) is 0 Å². The average molecular weight is 364 g/mol. The Morgan fingerprint density at radius 2 is 2.14 bits per heavy atom. The van der Waals surface area contributed by atoms with Gasteiger partial charge >= 0.3 is 0 Å². The van der Waals surface area contributed by atoms with E-state index in [0.717, 1.165) is 34.1 Å². The molecule has 0 saturated heterocycles. The van der Waals surface area contributed by atoms with E-state index < -0.39 is 0 Å². The molecule has 3 nitrogen and oxygen atoms in total. The van der Waals surface area contributed by atoms with Gasteiger partial charge in [0.1, 0.15) is 16.7 Å². The van der Waals surface area contributed by atoms with Crippen LogP contribution in [0, 0.1) is 0 Å². The SMILES string of the molecule is CCCNc1cc(Sc2cccc(Br)c2)nc(C2CC2)n1. The molecule has 1 N–H and O–H groups in total. The van der Waals surface area contributed by atoms with Crippen LogP contribution in [0.5, 0.6) is 0 Å². The monoisotopic (exact) mass is 363 g/mol. The first-order valence-electron chi connectivity index (χ1n) is 7.31. The third kappa shape index (κ3) is 4.20. The number of anilines is 1. The van der Waals surface area contributed by atoms with Gasteiger partial charge in [0.2, 0.25) is 0 Å². The molecule has 0 bridgehead atoms. The first-order valence-corrected chi connectivity index (χ1v) is 8.92. The lowest BCUT2D eigenvalue weighted by atomic mass is 10.4. The normalized spacial score (nSPS) is 14.2. The summed E-state index contributed by atoms with van der Waals surface area (Å²) < 4.78 is 1.09. The second-order valence-corrected chi connectivity index (χ2v) is 7.22. The zero-order chi connectivity index (χ0) is 14.7. The maximum absolute atomic E-state index is 4.72. The average Bonchev–Trinajstić information content (AvgIpc) is 3.29. The van der Waals surface area contributed by atoms with Gasteiger partial charge in [-0.25, -0.2) is 9.97 Å². The topological polar surface area (TPSA) is 37.8 Å². The maximum Gasteiger partial charge on any atom is 0.135 e. The van der Waals surface area contributed by atoms with Crippen LogP contribution >= 0.6 is 27.7 Å². The molecule has 2 aromatic rings. The number of hydrogen-bond acceptors (Lipinski definition) is 4. The highest BCUT2D eigenvalue weighted by Gasteiger charge is 2.27. The smallest absolute Gasteiger partial charge is 0.135 e. The summed E-state index contributed by atoms with van der Waals surface area (Å²) in [7, 11) is 0. The quantitative estimate of drug-likeness (QED) is 0.725. The van der Waals surface area contributed by atoms with E-state index in [0.29, 0.717) is 5.92 Å². The fourth-order valence-corrected chi connectivity index (χ4v) is 3.45. The van der Waals surface area contributed by atoms with Gasteiger partial charge in [0.05, 0.1) is 0 Å². The van der Waals surface area contributed by atoms with E-state index >= 15 is 0 Å². The van der Waals surface area contributed by atoms with Crippen molar-refractivity contribution in [3.8, 4) is 0 Å². The van der Waals surface area contributed by atoms with Crippen LogP contribution in [0.2, 0.25) is 0 Å². The third-order valence-corrected chi connectivity index (χ3v) is 4.64. The molecule has 1 aliphatic carbocycles. The van der Waals surface area contributed by atoms with E-state index in [1.807, 2.05) is 18.2 Å². The molecule has 0 radical (unpaired) electrons. The van der Waals surface area contributed by atoms with E-state index in [1.165, 1.54) is 17.7 Å². The number of nitrogens with one attached hydrogen (secondary N) is 1. The molecule has 1 fully saturated rings. The van der Waals surface area contributed by atoms with E-state index in [4.69, 9.17) is 4.98 Å². The molecule has 21 heavy (non-hydrogen) atoms. The van der Waals surface area contributed by atoms with Crippen molar-refractivity contribution in [3.63, 3.8) is 0 Å². The summed E-state index contributed by atoms with van der Waals surface area (Å²) in [6.07, 6.45) is 3.54. The van der Waals surface area contributed by atoms with Crippen molar-refractivity contribution in [1.29, 1.82) is 0 Å². The lowest BCUT2D eigenvalue weighted by Gasteiger charge is -2.09. The summed E-state index contributed by atoms with van der Waals surface area (Å²) in [6.45, 7) is 3.11. The Kier molecular flexibility index (Phi) is 4.80. The summed E-state index contributed by atoms with van der Waals surface area (Å²) in [5, 5.41) is 4.40. The molecule has 1 heterocycles. The first-order chi connectivity index (χ1) is 10.2. The van der Waals surface area contributed by atoms with Gasteiger partial charge in [-0.2, -0.15) is 0 Å². The molecule has 1 aromatic carbocycles. The van der Waals surface area contributed by atoms with Crippen molar-refractivity contribution in [1.82, 2.24) is 9.97 Å². The molecule has 1 aliphatic rings. The van der Waals surface area contributed by atoms with Gasteiger partial charge in [-0.15, -0.1) is 0 Å². The maximum atomic E-state index is 4.72. The lowest BCUT2D eigenvalue weighted by molar-refractivity contribution is 0.868. The minimum absolute atomic E-state index is 0.565. The van der Waals surface area contributed by atoms with Gasteiger partial charge in [0.15, 0.2) is 0 Å². The van der Waals surface area contributed by atoms with Crippen LogP contribution < -0.4 is 5.32 Å². The van der Waals surface area contributed by atoms with Gasteiger partial charge in [0, 0.05) is 27.9 Å². The number of rotatable bonds is 6. The minimum atomic E-state index is 0.565. The Morgan fingerprint density at radius 3 is 2.86 bits per heavy atom. The largest absolute Gasteiger partial charge is 0.370 e. The highest BCUT2D eigenvalue weighted by molar-refractivity contribution is 9.10. The van der Waals surface area contributed by atoms with Crippen LogP contribution in [0.4, 0.5) is 5.82 Å². The van der Waals surface area contributed by atoms with Gasteiger partial charge < -0.3 is 5.32 Å². The lowest BCUT2D eigenvalue weighted by Crippen LogP contribution is -2.05. The molecule has 1 aromatic heterocycles. The summed E-state index contributed by atoms with van der Waals surface area (Å²) >= 11 is 5.20. The van der Waals surface area contributed by atoms with Gasteiger partial charge in [0.25, 0.3) is 0 Å². The second-order valence-electron chi connectivity index (χ2n) is 5.21. The molecule has 0 unspecified atom stereocenters. The Labute approximate surface area is 138 Å². The van der Waals surface area contributed by atoms with Crippen LogP contribution in [0.15, 0.2) is 44.7 Å². The predicted molar refractivity (Wildman–Crippen MR) is 91.1 cm³/mol. The molecule has 3 rings (SSSR count). The number of benzene rings is 1. The summed E-state index contributed by atoms with van der Waals surface area (Å²) in [6, 6.07) is 10.4.